The molecule has 0 aliphatic heterocycles. The van der Waals surface area contributed by atoms with Crippen molar-refractivity contribution in [1.29, 1.82) is 0 Å². The van der Waals surface area contributed by atoms with E-state index < -0.39 is 10.0 Å². The van der Waals surface area contributed by atoms with Crippen molar-refractivity contribution in [3.05, 3.63) is 65.2 Å². The van der Waals surface area contributed by atoms with Gasteiger partial charge in [0.05, 0.1) is 10.7 Å². The number of hydrogen-bond donors (Lipinski definition) is 2. The molecule has 0 aliphatic rings. The van der Waals surface area contributed by atoms with Crippen LogP contribution in [0.3, 0.4) is 0 Å². The lowest BCUT2D eigenvalue weighted by atomic mass is 10.0. The number of hydrogen-bond acceptors (Lipinski definition) is 5. The number of nitrogen functional groups attached to an aromatic ring is 1. The summed E-state index contributed by atoms with van der Waals surface area (Å²) in [4.78, 5) is 8.24. The van der Waals surface area contributed by atoms with Crippen LogP contribution in [0.4, 0.5) is 11.6 Å². The molecule has 0 amide bonds. The second-order valence-corrected chi connectivity index (χ2v) is 7.58. The molecule has 0 atom stereocenters. The molecule has 26 heavy (non-hydrogen) atoms. The number of nitrogens with zero attached hydrogens (tertiary/aromatic N) is 2. The van der Waals surface area contributed by atoms with Gasteiger partial charge in [-0.1, -0.05) is 48.9 Å². The fraction of sp³-hybridized carbons (Fsp3) is 0.111. The largest absolute Gasteiger partial charge is 0.384 e. The van der Waals surface area contributed by atoms with E-state index in [1.54, 1.807) is 6.07 Å². The van der Waals surface area contributed by atoms with Gasteiger partial charge in [-0.25, -0.2) is 9.97 Å². The summed E-state index contributed by atoms with van der Waals surface area (Å²) in [5.74, 6) is 0.272. The van der Waals surface area contributed by atoms with Gasteiger partial charge in [-0.3, -0.25) is 4.72 Å². The molecule has 0 saturated carbocycles. The van der Waals surface area contributed by atoms with Gasteiger partial charge in [0, 0.05) is 5.56 Å². The zero-order valence-electron chi connectivity index (χ0n) is 14.0. The van der Waals surface area contributed by atoms with Gasteiger partial charge in [0.2, 0.25) is 0 Å². The maximum atomic E-state index is 12.5. The third-order valence-corrected chi connectivity index (χ3v) is 5.32. The lowest BCUT2D eigenvalue weighted by molar-refractivity contribution is 0.597. The molecule has 0 bridgehead atoms. The predicted molar refractivity (Wildman–Crippen MR) is 104 cm³/mol. The molecule has 3 N–H and O–H groups in total. The highest BCUT2D eigenvalue weighted by Crippen LogP contribution is 2.30. The van der Waals surface area contributed by atoms with E-state index in [1.807, 2.05) is 31.2 Å². The van der Waals surface area contributed by atoms with Crippen molar-refractivity contribution >= 4 is 33.3 Å². The van der Waals surface area contributed by atoms with Crippen LogP contribution in [0.1, 0.15) is 12.5 Å². The summed E-state index contributed by atoms with van der Waals surface area (Å²) in [7, 11) is -3.91. The summed E-state index contributed by atoms with van der Waals surface area (Å²) in [6.07, 6.45) is 0.803. The van der Waals surface area contributed by atoms with Crippen LogP contribution in [0.15, 0.2) is 59.6 Å². The van der Waals surface area contributed by atoms with Crippen molar-refractivity contribution in [3.63, 3.8) is 0 Å². The fourth-order valence-electron chi connectivity index (χ4n) is 2.52. The van der Waals surface area contributed by atoms with Gasteiger partial charge >= 0.3 is 0 Å². The van der Waals surface area contributed by atoms with Crippen molar-refractivity contribution in [2.75, 3.05) is 10.5 Å². The zero-order chi connectivity index (χ0) is 18.7. The van der Waals surface area contributed by atoms with Crippen LogP contribution in [0.2, 0.25) is 5.02 Å². The molecule has 0 fully saturated rings. The Kier molecular flexibility index (Phi) is 5.11. The molecule has 0 spiro atoms. The lowest BCUT2D eigenvalue weighted by Crippen LogP contribution is -2.16. The molecule has 1 aromatic carbocycles. The minimum atomic E-state index is -3.91. The first-order chi connectivity index (χ1) is 12.4. The van der Waals surface area contributed by atoms with Gasteiger partial charge in [-0.15, -0.1) is 0 Å². The molecule has 8 heteroatoms. The van der Waals surface area contributed by atoms with Crippen LogP contribution < -0.4 is 10.5 Å². The summed E-state index contributed by atoms with van der Waals surface area (Å²) in [5, 5.41) is 0.265. The van der Waals surface area contributed by atoms with Gasteiger partial charge in [0.15, 0.2) is 5.03 Å². The average molecular weight is 389 g/mol. The number of sulfonamides is 1. The van der Waals surface area contributed by atoms with E-state index in [0.29, 0.717) is 10.7 Å². The molecule has 2 heterocycles. The second-order valence-electron chi connectivity index (χ2n) is 5.54. The maximum absolute atomic E-state index is 12.5. The van der Waals surface area contributed by atoms with Crippen molar-refractivity contribution in [1.82, 2.24) is 9.97 Å². The summed E-state index contributed by atoms with van der Waals surface area (Å²) in [6, 6.07) is 15.2. The van der Waals surface area contributed by atoms with Crippen LogP contribution in [0, 0.1) is 0 Å². The van der Waals surface area contributed by atoms with Crippen molar-refractivity contribution < 1.29 is 8.42 Å². The quantitative estimate of drug-likeness (QED) is 0.693. The van der Waals surface area contributed by atoms with E-state index in [2.05, 4.69) is 14.7 Å². The number of nitrogens with two attached hydrogens (primary N) is 1. The molecular formula is C18H17ClN4O2S. The first-order valence-corrected chi connectivity index (χ1v) is 9.77. The molecule has 134 valence electrons. The number of benzene rings is 1. The van der Waals surface area contributed by atoms with Crippen LogP contribution >= 0.6 is 11.6 Å². The minimum absolute atomic E-state index is 0.120. The number of aromatic nitrogens is 2. The monoisotopic (exact) mass is 388 g/mol. The normalized spacial score (nSPS) is 11.3. The lowest BCUT2D eigenvalue weighted by Gasteiger charge is -2.12. The van der Waals surface area contributed by atoms with Crippen molar-refractivity contribution in [2.24, 2.45) is 0 Å². The zero-order valence-corrected chi connectivity index (χ0v) is 15.6. The fourth-order valence-corrected chi connectivity index (χ4v) is 3.70. The van der Waals surface area contributed by atoms with E-state index in [1.165, 1.54) is 24.3 Å². The Hall–Kier alpha value is -2.64. The number of anilines is 2. The third kappa shape index (κ3) is 3.79. The first-order valence-electron chi connectivity index (χ1n) is 7.91. The SMILES string of the molecule is CCc1ccccc1-c1nc(NS(=O)(=O)c2cccc(N)n2)ccc1Cl. The number of nitrogens with one attached hydrogen (secondary N) is 1. The highest BCUT2D eigenvalue weighted by atomic mass is 35.5. The van der Waals surface area contributed by atoms with Gasteiger partial charge in [-0.05, 0) is 36.2 Å². The van der Waals surface area contributed by atoms with Crippen molar-refractivity contribution in [2.45, 2.75) is 18.4 Å². The summed E-state index contributed by atoms with van der Waals surface area (Å²) in [6.45, 7) is 2.03. The third-order valence-electron chi connectivity index (χ3n) is 3.76. The molecule has 0 unspecified atom stereocenters. The Labute approximate surface area is 157 Å². The second kappa shape index (κ2) is 7.31. The van der Waals surface area contributed by atoms with Crippen LogP contribution in [0.25, 0.3) is 11.3 Å². The molecule has 0 saturated heterocycles. The molecule has 0 radical (unpaired) electrons. The van der Waals surface area contributed by atoms with E-state index >= 15 is 0 Å². The van der Waals surface area contributed by atoms with Gasteiger partial charge in [-0.2, -0.15) is 8.42 Å². The highest BCUT2D eigenvalue weighted by molar-refractivity contribution is 7.92. The van der Waals surface area contributed by atoms with E-state index in [9.17, 15) is 8.42 Å². The van der Waals surface area contributed by atoms with Gasteiger partial charge in [0.1, 0.15) is 11.6 Å². The van der Waals surface area contributed by atoms with E-state index in [-0.39, 0.29) is 16.7 Å². The summed E-state index contributed by atoms with van der Waals surface area (Å²) >= 11 is 6.30. The summed E-state index contributed by atoms with van der Waals surface area (Å²) in [5.41, 5.74) is 8.02. The van der Waals surface area contributed by atoms with Gasteiger partial charge < -0.3 is 5.73 Å². The Morgan fingerprint density at radius 1 is 1.04 bits per heavy atom. The topological polar surface area (TPSA) is 98.0 Å². The molecule has 0 aliphatic carbocycles. The maximum Gasteiger partial charge on any atom is 0.280 e. The molecule has 3 rings (SSSR count). The standard InChI is InChI=1S/C18H17ClN4O2S/c1-2-12-6-3-4-7-13(12)18-14(19)10-11-16(22-18)23-26(24,25)17-9-5-8-15(20)21-17/h3-11H,2H2,1H3,(H2,20,21)(H,22,23). The van der Waals surface area contributed by atoms with E-state index in [0.717, 1.165) is 17.5 Å². The molecule has 2 aromatic heterocycles. The minimum Gasteiger partial charge on any atom is -0.384 e. The van der Waals surface area contributed by atoms with E-state index in [4.69, 9.17) is 17.3 Å². The predicted octanol–water partition coefficient (Wildman–Crippen LogP) is 3.74. The Bertz CT molecular complexity index is 1050. The highest BCUT2D eigenvalue weighted by Gasteiger charge is 2.18. The average Bonchev–Trinajstić information content (AvgIpc) is 2.63. The Morgan fingerprint density at radius 2 is 1.81 bits per heavy atom. The number of pyridine rings is 2. The van der Waals surface area contributed by atoms with Crippen LogP contribution in [-0.2, 0) is 16.4 Å². The van der Waals surface area contributed by atoms with Crippen molar-refractivity contribution in [3.8, 4) is 11.3 Å². The Balaban J connectivity index is 2.00. The molecule has 3 aromatic rings. The van der Waals surface area contributed by atoms with Gasteiger partial charge in [0.25, 0.3) is 10.0 Å². The number of halogens is 1. The molecule has 6 nitrogen and oxygen atoms in total. The molecular weight excluding hydrogens is 372 g/mol. The van der Waals surface area contributed by atoms with Crippen LogP contribution in [-0.4, -0.2) is 18.4 Å². The number of rotatable bonds is 5. The number of aryl methyl sites for hydroxylation is 1. The smallest absolute Gasteiger partial charge is 0.280 e. The first kappa shape index (κ1) is 18.2. The Morgan fingerprint density at radius 3 is 2.54 bits per heavy atom. The van der Waals surface area contributed by atoms with Crippen LogP contribution in [0.5, 0.6) is 0 Å². The summed E-state index contributed by atoms with van der Waals surface area (Å²) < 4.78 is 27.4.